The van der Waals surface area contributed by atoms with E-state index in [0.717, 1.165) is 10.9 Å². The number of aryl methyl sites for hydroxylation is 1. The van der Waals surface area contributed by atoms with E-state index < -0.39 is 26.7 Å². The van der Waals surface area contributed by atoms with Crippen LogP contribution in [0.15, 0.2) is 11.2 Å². The maximum Gasteiger partial charge on any atom is 1.00 e. The van der Waals surface area contributed by atoms with E-state index in [2.05, 4.69) is 5.10 Å². The van der Waals surface area contributed by atoms with Gasteiger partial charge in [-0.1, -0.05) is 0 Å². The van der Waals surface area contributed by atoms with E-state index in [4.69, 9.17) is 0 Å². The second kappa shape index (κ2) is 4.82. The first-order valence-corrected chi connectivity index (χ1v) is 3.87. The average molecular weight is 213 g/mol. The monoisotopic (exact) mass is 213 g/mol. The standard InChI is InChI=1S/C4H5N3O4S.Na/c1-6-2-3(7(8)9)4(5-6)12(10)11;/h2H,1H3,(H,10,11);/q;+1/p-1. The molecule has 0 fully saturated rings. The van der Waals surface area contributed by atoms with E-state index in [-0.39, 0.29) is 29.6 Å². The number of hydrogen-bond donors (Lipinski definition) is 0. The molecule has 1 rings (SSSR count). The molecule has 0 aliphatic carbocycles. The van der Waals surface area contributed by atoms with Crippen molar-refractivity contribution in [3.05, 3.63) is 16.3 Å². The fraction of sp³-hybridized carbons (Fsp3) is 0.250. The first kappa shape index (κ1) is 12.7. The van der Waals surface area contributed by atoms with Crippen LogP contribution in [0.4, 0.5) is 5.69 Å². The third-order valence-electron chi connectivity index (χ3n) is 1.13. The third-order valence-corrected chi connectivity index (χ3v) is 1.74. The zero-order valence-electron chi connectivity index (χ0n) is 6.96. The van der Waals surface area contributed by atoms with Gasteiger partial charge in [0, 0.05) is 18.1 Å². The van der Waals surface area contributed by atoms with Crippen LogP contribution in [0, 0.1) is 10.1 Å². The first-order valence-electron chi connectivity index (χ1n) is 2.79. The molecule has 0 aliphatic rings. The topological polar surface area (TPSA) is 101 Å². The van der Waals surface area contributed by atoms with E-state index in [1.807, 2.05) is 0 Å². The Hall–Kier alpha value is -0.280. The first-order chi connectivity index (χ1) is 5.52. The predicted molar refractivity (Wildman–Crippen MR) is 37.0 cm³/mol. The van der Waals surface area contributed by atoms with Crippen molar-refractivity contribution in [3.63, 3.8) is 0 Å². The SMILES string of the molecule is Cn1cc([N+](=O)[O-])c(S(=O)[O-])n1.[Na+]. The molecule has 1 aromatic heterocycles. The van der Waals surface area contributed by atoms with E-state index >= 15 is 0 Å². The zero-order chi connectivity index (χ0) is 9.30. The molecule has 0 spiro atoms. The molecule has 0 bridgehead atoms. The molecule has 1 aromatic rings. The number of nitrogens with zero attached hydrogens (tertiary/aromatic N) is 3. The van der Waals surface area contributed by atoms with Gasteiger partial charge < -0.3 is 4.55 Å². The summed E-state index contributed by atoms with van der Waals surface area (Å²) in [4.78, 5) is 9.42. The molecular formula is C4H4N3NaO4S. The Balaban J connectivity index is 0.00000144. The van der Waals surface area contributed by atoms with Crippen molar-refractivity contribution >= 4 is 16.8 Å². The number of hydrogen-bond acceptors (Lipinski definition) is 5. The van der Waals surface area contributed by atoms with Gasteiger partial charge >= 0.3 is 35.2 Å². The van der Waals surface area contributed by atoms with Crippen LogP contribution < -0.4 is 29.6 Å². The van der Waals surface area contributed by atoms with Crippen molar-refractivity contribution < 1.29 is 43.2 Å². The Labute approximate surface area is 97.8 Å². The minimum Gasteiger partial charge on any atom is -0.767 e. The number of rotatable bonds is 2. The van der Waals surface area contributed by atoms with Crippen LogP contribution in [0.5, 0.6) is 0 Å². The number of aromatic nitrogens is 2. The minimum absolute atomic E-state index is 0. The largest absolute Gasteiger partial charge is 1.00 e. The molecule has 0 aliphatic heterocycles. The molecule has 0 N–H and O–H groups in total. The molecule has 0 radical (unpaired) electrons. The average Bonchev–Trinajstić information content (AvgIpc) is 2.31. The summed E-state index contributed by atoms with van der Waals surface area (Å²) >= 11 is -2.66. The molecule has 0 aromatic carbocycles. The van der Waals surface area contributed by atoms with Crippen molar-refractivity contribution in [3.8, 4) is 0 Å². The Morgan fingerprint density at radius 3 is 2.54 bits per heavy atom. The van der Waals surface area contributed by atoms with Gasteiger partial charge in [0.2, 0.25) is 5.03 Å². The molecule has 0 amide bonds. The molecule has 9 heteroatoms. The van der Waals surface area contributed by atoms with Crippen LogP contribution in [0.2, 0.25) is 0 Å². The van der Waals surface area contributed by atoms with Gasteiger partial charge in [-0.2, -0.15) is 5.10 Å². The summed E-state index contributed by atoms with van der Waals surface area (Å²) in [5, 5.41) is 13.1. The van der Waals surface area contributed by atoms with Crippen LogP contribution in [0.3, 0.4) is 0 Å². The normalized spacial score (nSPS) is 11.8. The van der Waals surface area contributed by atoms with Crippen LogP contribution in [-0.2, 0) is 18.1 Å². The van der Waals surface area contributed by atoms with Crippen molar-refractivity contribution in [1.29, 1.82) is 0 Å². The van der Waals surface area contributed by atoms with Gasteiger partial charge in [0.25, 0.3) is 0 Å². The molecule has 1 heterocycles. The van der Waals surface area contributed by atoms with E-state index in [1.165, 1.54) is 7.05 Å². The second-order valence-electron chi connectivity index (χ2n) is 1.98. The quantitative estimate of drug-likeness (QED) is 0.220. The molecule has 0 saturated carbocycles. The smallest absolute Gasteiger partial charge is 0.767 e. The van der Waals surface area contributed by atoms with Gasteiger partial charge in [0.15, 0.2) is 0 Å². The molecule has 1 unspecified atom stereocenters. The zero-order valence-corrected chi connectivity index (χ0v) is 9.78. The Morgan fingerprint density at radius 1 is 1.69 bits per heavy atom. The maximum atomic E-state index is 10.4. The summed E-state index contributed by atoms with van der Waals surface area (Å²) in [6.07, 6.45) is 1.03. The van der Waals surface area contributed by atoms with Gasteiger partial charge in [0.1, 0.15) is 6.20 Å². The summed E-state index contributed by atoms with van der Waals surface area (Å²) in [5.41, 5.74) is -0.508. The van der Waals surface area contributed by atoms with E-state index in [0.29, 0.717) is 0 Å². The van der Waals surface area contributed by atoms with Crippen LogP contribution in [0.1, 0.15) is 0 Å². The number of nitro groups is 1. The van der Waals surface area contributed by atoms with E-state index in [1.54, 1.807) is 0 Å². The summed E-state index contributed by atoms with van der Waals surface area (Å²) in [6, 6.07) is 0. The molecule has 66 valence electrons. The Morgan fingerprint density at radius 2 is 2.23 bits per heavy atom. The van der Waals surface area contributed by atoms with Crippen LogP contribution in [0.25, 0.3) is 0 Å². The molecule has 0 saturated heterocycles. The fourth-order valence-corrected chi connectivity index (χ4v) is 1.19. The summed E-state index contributed by atoms with van der Waals surface area (Å²) in [5.74, 6) is 0. The second-order valence-corrected chi connectivity index (χ2v) is 2.84. The molecular weight excluding hydrogens is 209 g/mol. The molecule has 13 heavy (non-hydrogen) atoms. The summed E-state index contributed by atoms with van der Waals surface area (Å²) in [6.45, 7) is 0. The predicted octanol–water partition coefficient (Wildman–Crippen LogP) is -3.43. The summed E-state index contributed by atoms with van der Waals surface area (Å²) in [7, 11) is 1.41. The van der Waals surface area contributed by atoms with Crippen molar-refractivity contribution in [1.82, 2.24) is 9.78 Å². The molecule has 7 nitrogen and oxygen atoms in total. The van der Waals surface area contributed by atoms with Gasteiger partial charge in [-0.3, -0.25) is 19.0 Å². The van der Waals surface area contributed by atoms with Gasteiger partial charge in [-0.25, -0.2) is 0 Å². The minimum atomic E-state index is -2.66. The van der Waals surface area contributed by atoms with E-state index in [9.17, 15) is 18.9 Å². The summed E-state index contributed by atoms with van der Waals surface area (Å²) < 4.78 is 21.8. The van der Waals surface area contributed by atoms with Crippen molar-refractivity contribution in [2.45, 2.75) is 5.03 Å². The third kappa shape index (κ3) is 2.85. The van der Waals surface area contributed by atoms with Gasteiger partial charge in [-0.15, -0.1) is 0 Å². The van der Waals surface area contributed by atoms with Gasteiger partial charge in [0.05, 0.1) is 4.92 Å². The van der Waals surface area contributed by atoms with Gasteiger partial charge in [-0.05, 0) is 0 Å². The fourth-order valence-electron chi connectivity index (χ4n) is 0.699. The van der Waals surface area contributed by atoms with Crippen molar-refractivity contribution in [2.24, 2.45) is 7.05 Å². The van der Waals surface area contributed by atoms with Crippen LogP contribution in [-0.4, -0.2) is 23.5 Å². The molecule has 1 atom stereocenters. The Bertz CT molecular complexity index is 320. The van der Waals surface area contributed by atoms with Crippen molar-refractivity contribution in [2.75, 3.05) is 0 Å². The van der Waals surface area contributed by atoms with Crippen LogP contribution >= 0.6 is 0 Å². The maximum absolute atomic E-state index is 10.4. The Kier molecular flexibility index (Phi) is 4.71.